The van der Waals surface area contributed by atoms with Crippen molar-refractivity contribution in [2.24, 2.45) is 0 Å². The fourth-order valence-corrected chi connectivity index (χ4v) is 8.75. The van der Waals surface area contributed by atoms with Crippen molar-refractivity contribution in [2.45, 2.75) is 249 Å². The second-order valence-corrected chi connectivity index (χ2v) is 19.8. The van der Waals surface area contributed by atoms with Crippen molar-refractivity contribution in [1.29, 1.82) is 0 Å². The van der Waals surface area contributed by atoms with Crippen LogP contribution in [0.15, 0.2) is 72.9 Å². The largest absolute Gasteiger partial charge is 0.472 e. The van der Waals surface area contributed by atoms with Gasteiger partial charge in [0.25, 0.3) is 0 Å². The number of ether oxygens (including phenoxy) is 2. The van der Waals surface area contributed by atoms with Gasteiger partial charge < -0.3 is 39.9 Å². The number of aliphatic hydroxyl groups excluding tert-OH is 5. The number of unbranched alkanes of at least 4 members (excludes halogenated alkanes) is 20. The number of carbonyl (C=O) groups is 2. The zero-order chi connectivity index (χ0) is 50.6. The minimum atomic E-state index is -5.14. The summed E-state index contributed by atoms with van der Waals surface area (Å²) in [7, 11) is -5.14. The van der Waals surface area contributed by atoms with E-state index in [1.165, 1.54) is 83.5 Å². The highest BCUT2D eigenvalue weighted by Gasteiger charge is 2.51. The highest BCUT2D eigenvalue weighted by Crippen LogP contribution is 2.47. The summed E-state index contributed by atoms with van der Waals surface area (Å²) in [6.07, 6.45) is 43.7. The number of esters is 2. The standard InChI is InChI=1S/C55H95O13P/c1-3-5-7-9-11-13-15-17-19-21-22-23-24-25-26-28-29-31-33-35-37-39-41-43-48(56)65-45-47(46-66-69(63,64)68-55-53(61)51(59)50(58)52(60)54(55)62)67-49(57)44-42-40-38-36-34-32-30-27-20-18-16-14-12-10-8-6-4-2/h6,8,12,14-15,17-18,20-22,30,32,47,50-55,58-62H,3-5,7,9-11,13,16,19,23-29,31,33-46H2,1-2H3,(H,63,64)/b8-6-,14-12-,17-15-,20-18-,22-21-,32-30-. The third-order valence-corrected chi connectivity index (χ3v) is 13.0. The van der Waals surface area contributed by atoms with E-state index in [1.54, 1.807) is 0 Å². The predicted molar refractivity (Wildman–Crippen MR) is 276 cm³/mol. The average Bonchev–Trinajstić information content (AvgIpc) is 3.33. The average molecular weight is 995 g/mol. The number of rotatable bonds is 44. The van der Waals surface area contributed by atoms with E-state index < -0.39 is 75.7 Å². The van der Waals surface area contributed by atoms with Gasteiger partial charge in [0.1, 0.15) is 43.2 Å². The maximum absolute atomic E-state index is 12.9. The molecular weight excluding hydrogens is 900 g/mol. The van der Waals surface area contributed by atoms with Crippen LogP contribution in [0.2, 0.25) is 0 Å². The van der Waals surface area contributed by atoms with Crippen molar-refractivity contribution in [1.82, 2.24) is 0 Å². The Bertz CT molecular complexity index is 1480. The van der Waals surface area contributed by atoms with Gasteiger partial charge in [0, 0.05) is 12.8 Å². The molecule has 1 aliphatic carbocycles. The number of phosphoric ester groups is 1. The van der Waals surface area contributed by atoms with Crippen LogP contribution in [0.4, 0.5) is 0 Å². The minimum absolute atomic E-state index is 0.0654. The van der Waals surface area contributed by atoms with E-state index in [1.807, 2.05) is 0 Å². The zero-order valence-corrected chi connectivity index (χ0v) is 43.5. The van der Waals surface area contributed by atoms with Crippen LogP contribution >= 0.6 is 7.82 Å². The molecule has 6 atom stereocenters. The minimum Gasteiger partial charge on any atom is -0.462 e. The molecule has 1 aliphatic rings. The van der Waals surface area contributed by atoms with Crippen LogP contribution in [0, 0.1) is 0 Å². The molecule has 0 bridgehead atoms. The van der Waals surface area contributed by atoms with Gasteiger partial charge in [-0.25, -0.2) is 4.57 Å². The van der Waals surface area contributed by atoms with Crippen LogP contribution in [0.3, 0.4) is 0 Å². The molecule has 0 aromatic carbocycles. The zero-order valence-electron chi connectivity index (χ0n) is 42.6. The monoisotopic (exact) mass is 995 g/mol. The predicted octanol–water partition coefficient (Wildman–Crippen LogP) is 11.8. The Kier molecular flexibility index (Phi) is 41.0. The third-order valence-electron chi connectivity index (χ3n) is 12.0. The molecule has 0 aromatic rings. The fourth-order valence-electron chi connectivity index (χ4n) is 7.78. The molecule has 0 aliphatic heterocycles. The van der Waals surface area contributed by atoms with E-state index in [4.69, 9.17) is 18.5 Å². The van der Waals surface area contributed by atoms with Crippen molar-refractivity contribution in [2.75, 3.05) is 13.2 Å². The fraction of sp³-hybridized carbons (Fsp3) is 0.745. The molecule has 1 saturated carbocycles. The first-order valence-corrected chi connectivity index (χ1v) is 28.2. The van der Waals surface area contributed by atoms with E-state index >= 15 is 0 Å². The van der Waals surface area contributed by atoms with Gasteiger partial charge in [0.2, 0.25) is 0 Å². The molecule has 1 fully saturated rings. The maximum Gasteiger partial charge on any atom is 0.472 e. The Morgan fingerprint density at radius 1 is 0.464 bits per heavy atom. The van der Waals surface area contributed by atoms with Crippen molar-refractivity contribution < 1.29 is 63.1 Å². The van der Waals surface area contributed by atoms with Crippen LogP contribution in [0.25, 0.3) is 0 Å². The van der Waals surface area contributed by atoms with Gasteiger partial charge in [-0.15, -0.1) is 0 Å². The van der Waals surface area contributed by atoms with Crippen molar-refractivity contribution in [3.63, 3.8) is 0 Å². The second-order valence-electron chi connectivity index (χ2n) is 18.3. The first-order chi connectivity index (χ1) is 33.4. The molecule has 398 valence electrons. The molecule has 0 spiro atoms. The summed E-state index contributed by atoms with van der Waals surface area (Å²) in [4.78, 5) is 35.9. The van der Waals surface area contributed by atoms with Gasteiger partial charge in [0.05, 0.1) is 6.61 Å². The number of carbonyl (C=O) groups excluding carboxylic acids is 2. The first-order valence-electron chi connectivity index (χ1n) is 26.7. The summed E-state index contributed by atoms with van der Waals surface area (Å²) < 4.78 is 33.6. The Morgan fingerprint density at radius 2 is 0.826 bits per heavy atom. The molecule has 13 nitrogen and oxygen atoms in total. The van der Waals surface area contributed by atoms with Crippen LogP contribution in [0.5, 0.6) is 0 Å². The topological polar surface area (TPSA) is 210 Å². The summed E-state index contributed by atoms with van der Waals surface area (Å²) >= 11 is 0. The molecule has 0 radical (unpaired) electrons. The number of hydrogen-bond acceptors (Lipinski definition) is 12. The van der Waals surface area contributed by atoms with Crippen molar-refractivity contribution >= 4 is 19.8 Å². The Labute approximate surface area is 416 Å². The van der Waals surface area contributed by atoms with Crippen LogP contribution in [-0.4, -0.2) is 98.3 Å². The number of hydrogen-bond donors (Lipinski definition) is 6. The Hall–Kier alpha value is -2.71. The Balaban J connectivity index is 2.38. The highest BCUT2D eigenvalue weighted by molar-refractivity contribution is 7.47. The van der Waals surface area contributed by atoms with E-state index in [9.17, 15) is 44.6 Å². The molecule has 0 heterocycles. The summed E-state index contributed by atoms with van der Waals surface area (Å²) in [5.74, 6) is -1.13. The number of aliphatic hydroxyl groups is 5. The summed E-state index contributed by atoms with van der Waals surface area (Å²) in [5.41, 5.74) is 0. The summed E-state index contributed by atoms with van der Waals surface area (Å²) in [6.45, 7) is 3.17. The van der Waals surface area contributed by atoms with E-state index in [0.29, 0.717) is 12.8 Å². The Morgan fingerprint density at radius 3 is 1.26 bits per heavy atom. The van der Waals surface area contributed by atoms with E-state index in [-0.39, 0.29) is 12.8 Å². The second kappa shape index (κ2) is 44.0. The normalized spacial score (nSPS) is 21.4. The van der Waals surface area contributed by atoms with E-state index in [0.717, 1.165) is 83.5 Å². The quantitative estimate of drug-likeness (QED) is 0.0145. The highest BCUT2D eigenvalue weighted by atomic mass is 31.2. The molecule has 0 aromatic heterocycles. The van der Waals surface area contributed by atoms with Gasteiger partial charge >= 0.3 is 19.8 Å². The molecule has 6 N–H and O–H groups in total. The smallest absolute Gasteiger partial charge is 0.462 e. The number of phosphoric acid groups is 1. The lowest BCUT2D eigenvalue weighted by atomic mass is 9.85. The molecule has 0 amide bonds. The summed E-state index contributed by atoms with van der Waals surface area (Å²) in [6, 6.07) is 0. The van der Waals surface area contributed by atoms with Crippen LogP contribution in [-0.2, 0) is 32.7 Å². The van der Waals surface area contributed by atoms with Gasteiger partial charge in [0.15, 0.2) is 6.10 Å². The molecule has 69 heavy (non-hydrogen) atoms. The van der Waals surface area contributed by atoms with Crippen molar-refractivity contribution in [3.8, 4) is 0 Å². The lowest BCUT2D eigenvalue weighted by Gasteiger charge is -2.41. The first kappa shape index (κ1) is 64.3. The van der Waals surface area contributed by atoms with Crippen molar-refractivity contribution in [3.05, 3.63) is 72.9 Å². The van der Waals surface area contributed by atoms with E-state index in [2.05, 4.69) is 86.8 Å². The lowest BCUT2D eigenvalue weighted by Crippen LogP contribution is -2.64. The number of allylic oxidation sites excluding steroid dienone is 12. The third kappa shape index (κ3) is 36.0. The molecule has 14 heteroatoms. The molecular formula is C55H95O13P. The lowest BCUT2D eigenvalue weighted by molar-refractivity contribution is -0.220. The molecule has 0 saturated heterocycles. The molecule has 1 rings (SSSR count). The molecule has 6 unspecified atom stereocenters. The van der Waals surface area contributed by atoms with Crippen LogP contribution in [0.1, 0.15) is 206 Å². The van der Waals surface area contributed by atoms with Gasteiger partial charge in [-0.1, -0.05) is 183 Å². The SMILES string of the molecule is CC/C=C\C/C=C\C/C=C\C/C=C\CCCCCCC(=O)OC(COC(=O)CCCCCCCCCCCCC/C=C\C/C=C\CCCCCCC)COP(=O)(O)OC1C(O)C(O)C(O)C(O)C1O. The van der Waals surface area contributed by atoms with Gasteiger partial charge in [-0.05, 0) is 83.5 Å². The summed E-state index contributed by atoms with van der Waals surface area (Å²) in [5, 5.41) is 50.3. The van der Waals surface area contributed by atoms with Gasteiger partial charge in [-0.3, -0.25) is 18.6 Å². The van der Waals surface area contributed by atoms with Crippen LogP contribution < -0.4 is 0 Å². The van der Waals surface area contributed by atoms with Gasteiger partial charge in [-0.2, -0.15) is 0 Å². The maximum atomic E-state index is 12.9.